The molecule has 4 nitrogen and oxygen atoms in total. The summed E-state index contributed by atoms with van der Waals surface area (Å²) in [5.74, 6) is -0.300. The molecule has 0 saturated heterocycles. The van der Waals surface area contributed by atoms with Crippen LogP contribution in [0.4, 0.5) is 0 Å². The molecule has 1 heterocycles. The molecule has 0 unspecified atom stereocenters. The van der Waals surface area contributed by atoms with Crippen molar-refractivity contribution in [3.05, 3.63) is 35.9 Å². The van der Waals surface area contributed by atoms with E-state index in [1.165, 1.54) is 0 Å². The van der Waals surface area contributed by atoms with Gasteiger partial charge in [-0.1, -0.05) is 30.3 Å². The van der Waals surface area contributed by atoms with Crippen molar-refractivity contribution in [2.75, 3.05) is 0 Å². The van der Waals surface area contributed by atoms with Gasteiger partial charge in [-0.2, -0.15) is 4.99 Å². The number of carbonyl (C=O) groups is 1. The molecule has 1 aliphatic rings. The van der Waals surface area contributed by atoms with Crippen LogP contribution in [0.25, 0.3) is 0 Å². The number of benzene rings is 1. The molecule has 2 N–H and O–H groups in total. The molecular weight excluding hydrogens is 180 g/mol. The molecule has 1 aromatic rings. The fourth-order valence-corrected chi connectivity index (χ4v) is 1.36. The topological polar surface area (TPSA) is 64.7 Å². The smallest absolute Gasteiger partial charge is 0.291 e. The summed E-state index contributed by atoms with van der Waals surface area (Å²) in [7, 11) is 0. The van der Waals surface area contributed by atoms with E-state index in [1.54, 1.807) is 0 Å². The first-order valence-corrected chi connectivity index (χ1v) is 4.34. The second-order valence-corrected chi connectivity index (χ2v) is 3.08. The van der Waals surface area contributed by atoms with Crippen LogP contribution in [0, 0.1) is 0 Å². The molecule has 0 fully saturated rings. The molecule has 0 aromatic heterocycles. The van der Waals surface area contributed by atoms with E-state index >= 15 is 0 Å². The fraction of sp³-hybridized carbons (Fsp3) is 0.200. The lowest BCUT2D eigenvalue weighted by Gasteiger charge is -2.07. The summed E-state index contributed by atoms with van der Waals surface area (Å²) in [6.45, 7) is 0. The van der Waals surface area contributed by atoms with Crippen LogP contribution >= 0.6 is 0 Å². The van der Waals surface area contributed by atoms with Crippen molar-refractivity contribution in [3.63, 3.8) is 0 Å². The normalized spacial score (nSPS) is 20.4. The van der Waals surface area contributed by atoms with E-state index in [9.17, 15) is 4.79 Å². The van der Waals surface area contributed by atoms with Crippen molar-refractivity contribution in [1.29, 1.82) is 0 Å². The molecule has 1 aromatic carbocycles. The van der Waals surface area contributed by atoms with Crippen LogP contribution in [0.15, 0.2) is 35.3 Å². The van der Waals surface area contributed by atoms with Gasteiger partial charge in [0.1, 0.15) is 0 Å². The molecule has 4 heteroatoms. The zero-order chi connectivity index (χ0) is 9.97. The first kappa shape index (κ1) is 8.74. The molecule has 0 bridgehead atoms. The Kier molecular flexibility index (Phi) is 2.18. The first-order valence-electron chi connectivity index (χ1n) is 4.34. The lowest BCUT2D eigenvalue weighted by molar-refractivity contribution is -0.122. The monoisotopic (exact) mass is 190 g/mol. The summed E-state index contributed by atoms with van der Waals surface area (Å²) < 4.78 is 5.06. The highest BCUT2D eigenvalue weighted by molar-refractivity contribution is 5.97. The van der Waals surface area contributed by atoms with E-state index in [2.05, 4.69) is 4.99 Å². The maximum Gasteiger partial charge on any atom is 0.291 e. The number of hydrogen-bond donors (Lipinski definition) is 1. The van der Waals surface area contributed by atoms with Crippen LogP contribution < -0.4 is 5.73 Å². The van der Waals surface area contributed by atoms with E-state index in [0.29, 0.717) is 6.42 Å². The number of hydrogen-bond acceptors (Lipinski definition) is 3. The summed E-state index contributed by atoms with van der Waals surface area (Å²) in [5.41, 5.74) is 6.31. The number of carbonyl (C=O) groups excluding carboxylic acids is 1. The average molecular weight is 190 g/mol. The second-order valence-electron chi connectivity index (χ2n) is 3.08. The summed E-state index contributed by atoms with van der Waals surface area (Å²) >= 11 is 0. The Morgan fingerprint density at radius 1 is 1.36 bits per heavy atom. The summed E-state index contributed by atoms with van der Waals surface area (Å²) in [6.07, 6.45) is -0.0263. The Hall–Kier alpha value is -1.84. The van der Waals surface area contributed by atoms with E-state index in [4.69, 9.17) is 10.5 Å². The van der Waals surface area contributed by atoms with Gasteiger partial charge in [0.2, 0.25) is 0 Å². The fourth-order valence-electron chi connectivity index (χ4n) is 1.36. The van der Waals surface area contributed by atoms with Crippen LogP contribution in [-0.2, 0) is 16.0 Å². The molecule has 0 aliphatic carbocycles. The van der Waals surface area contributed by atoms with Gasteiger partial charge in [-0.05, 0) is 5.56 Å². The third-order valence-corrected chi connectivity index (χ3v) is 2.02. The molecule has 1 amide bonds. The number of aliphatic imine (C=N–C) groups is 1. The van der Waals surface area contributed by atoms with E-state index < -0.39 is 6.10 Å². The molecule has 14 heavy (non-hydrogen) atoms. The average Bonchev–Trinajstić information content (AvgIpc) is 2.47. The Morgan fingerprint density at radius 2 is 2.07 bits per heavy atom. The number of ether oxygens (including phenoxy) is 1. The van der Waals surface area contributed by atoms with E-state index in [-0.39, 0.29) is 11.9 Å². The summed E-state index contributed by atoms with van der Waals surface area (Å²) in [6, 6.07) is 9.59. The number of nitrogens with two attached hydrogens (primary N) is 1. The van der Waals surface area contributed by atoms with Gasteiger partial charge in [0.25, 0.3) is 11.9 Å². The van der Waals surface area contributed by atoms with Crippen LogP contribution in [0.5, 0.6) is 0 Å². The van der Waals surface area contributed by atoms with Crippen LogP contribution in [0.2, 0.25) is 0 Å². The van der Waals surface area contributed by atoms with E-state index in [0.717, 1.165) is 5.56 Å². The summed E-state index contributed by atoms with van der Waals surface area (Å²) in [4.78, 5) is 14.7. The second kappa shape index (κ2) is 3.49. The maximum atomic E-state index is 11.2. The molecule has 2 rings (SSSR count). The van der Waals surface area contributed by atoms with Crippen molar-refractivity contribution in [2.24, 2.45) is 10.7 Å². The first-order chi connectivity index (χ1) is 6.75. The number of amides is 1. The summed E-state index contributed by atoms with van der Waals surface area (Å²) in [5, 5.41) is 0. The van der Waals surface area contributed by atoms with Gasteiger partial charge in [0.15, 0.2) is 6.10 Å². The quantitative estimate of drug-likeness (QED) is 0.737. The van der Waals surface area contributed by atoms with Crippen molar-refractivity contribution >= 4 is 11.9 Å². The van der Waals surface area contributed by atoms with Gasteiger partial charge in [0, 0.05) is 6.42 Å². The number of amidine groups is 1. The molecule has 0 spiro atoms. The Labute approximate surface area is 81.4 Å². The van der Waals surface area contributed by atoms with Gasteiger partial charge in [-0.15, -0.1) is 0 Å². The van der Waals surface area contributed by atoms with Crippen LogP contribution in [-0.4, -0.2) is 18.0 Å². The zero-order valence-corrected chi connectivity index (χ0v) is 7.51. The minimum absolute atomic E-state index is 0.0315. The minimum Gasteiger partial charge on any atom is -0.451 e. The predicted molar refractivity (Wildman–Crippen MR) is 51.6 cm³/mol. The number of nitrogens with zero attached hydrogens (tertiary/aromatic N) is 1. The van der Waals surface area contributed by atoms with Crippen molar-refractivity contribution in [1.82, 2.24) is 0 Å². The largest absolute Gasteiger partial charge is 0.451 e. The zero-order valence-electron chi connectivity index (χ0n) is 7.51. The molecule has 1 atom stereocenters. The van der Waals surface area contributed by atoms with Gasteiger partial charge in [-0.3, -0.25) is 4.79 Å². The Bertz CT molecular complexity index is 373. The molecule has 0 radical (unpaired) electrons. The van der Waals surface area contributed by atoms with Crippen molar-refractivity contribution in [2.45, 2.75) is 12.5 Å². The molecule has 1 aliphatic heterocycles. The highest BCUT2D eigenvalue weighted by Crippen LogP contribution is 2.11. The molecular formula is C10H10N2O2. The lowest BCUT2D eigenvalue weighted by Crippen LogP contribution is -2.22. The van der Waals surface area contributed by atoms with Crippen molar-refractivity contribution in [3.8, 4) is 0 Å². The SMILES string of the molecule is NC1=NC(=O)[C@H](Cc2ccccc2)O1. The standard InChI is InChI=1S/C10H10N2O2/c11-10-12-9(13)8(14-10)6-7-4-2-1-3-5-7/h1-5,8H,6H2,(H2,11,12,13)/t8-/m0/s1. The Morgan fingerprint density at radius 3 is 2.64 bits per heavy atom. The highest BCUT2D eigenvalue weighted by atomic mass is 16.5. The van der Waals surface area contributed by atoms with Gasteiger partial charge in [-0.25, -0.2) is 0 Å². The van der Waals surface area contributed by atoms with Crippen molar-refractivity contribution < 1.29 is 9.53 Å². The van der Waals surface area contributed by atoms with Gasteiger partial charge >= 0.3 is 0 Å². The van der Waals surface area contributed by atoms with Crippen LogP contribution in [0.1, 0.15) is 5.56 Å². The predicted octanol–water partition coefficient (Wildman–Crippen LogP) is 0.469. The minimum atomic E-state index is -0.544. The number of rotatable bonds is 2. The third-order valence-electron chi connectivity index (χ3n) is 2.02. The third kappa shape index (κ3) is 1.74. The molecule has 0 saturated carbocycles. The lowest BCUT2D eigenvalue weighted by atomic mass is 10.1. The van der Waals surface area contributed by atoms with Gasteiger partial charge in [0.05, 0.1) is 0 Å². The Balaban J connectivity index is 2.04. The maximum absolute atomic E-state index is 11.2. The van der Waals surface area contributed by atoms with Crippen LogP contribution in [0.3, 0.4) is 0 Å². The van der Waals surface area contributed by atoms with E-state index in [1.807, 2.05) is 30.3 Å². The highest BCUT2D eigenvalue weighted by Gasteiger charge is 2.27. The van der Waals surface area contributed by atoms with Gasteiger partial charge < -0.3 is 10.5 Å². The molecule has 72 valence electrons.